The van der Waals surface area contributed by atoms with E-state index in [0.29, 0.717) is 0 Å². The molecule has 0 N–H and O–H groups in total. The summed E-state index contributed by atoms with van der Waals surface area (Å²) < 4.78 is 9.99. The fraction of sp³-hybridized carbons (Fsp3) is 0.750. The van der Waals surface area contributed by atoms with Crippen LogP contribution in [0.1, 0.15) is 26.7 Å². The highest BCUT2D eigenvalue weighted by Crippen LogP contribution is 2.15. The van der Waals surface area contributed by atoms with E-state index in [-0.39, 0.29) is 0 Å². The largest absolute Gasteiger partial charge is 0.376 e. The van der Waals surface area contributed by atoms with Gasteiger partial charge in [0.1, 0.15) is 0 Å². The zero-order valence-electron chi connectivity index (χ0n) is 7.23. The molecule has 0 amide bonds. The molecule has 0 atom stereocenters. The molecule has 0 aromatic rings. The molecular formula is C8H16O2. The molecule has 0 aliphatic rings. The molecule has 60 valence electrons. The lowest BCUT2D eigenvalue weighted by Gasteiger charge is -2.10. The maximum atomic E-state index is 4.99. The average molecular weight is 144 g/mol. The smallest absolute Gasteiger partial charge is 0.0937 e. The topological polar surface area (TPSA) is 18.5 Å². The van der Waals surface area contributed by atoms with Crippen molar-refractivity contribution in [3.05, 3.63) is 12.2 Å². The second kappa shape index (κ2) is 5.69. The monoisotopic (exact) mass is 144 g/mol. The standard InChI is InChI=1S/C8H16O2/c1-7(9-3)5-6-8(2)10-4/h5-6H2,1-4H3. The van der Waals surface area contributed by atoms with E-state index in [1.165, 1.54) is 0 Å². The minimum atomic E-state index is 0.955. The van der Waals surface area contributed by atoms with Gasteiger partial charge in [0.15, 0.2) is 0 Å². The third-order valence-corrected chi connectivity index (χ3v) is 1.53. The summed E-state index contributed by atoms with van der Waals surface area (Å²) in [5.41, 5.74) is 0. The van der Waals surface area contributed by atoms with Gasteiger partial charge in [-0.2, -0.15) is 0 Å². The van der Waals surface area contributed by atoms with Crippen molar-refractivity contribution in [3.63, 3.8) is 0 Å². The highest BCUT2D eigenvalue weighted by Gasteiger charge is 2.05. The number of ether oxygens (including phenoxy) is 2. The minimum absolute atomic E-state index is 0.955. The maximum Gasteiger partial charge on any atom is 0.0937 e. The Balaban J connectivity index is 3.17. The maximum absolute atomic E-state index is 4.99. The van der Waals surface area contributed by atoms with Gasteiger partial charge in [-0.25, -0.2) is 0 Å². The summed E-state index contributed by atoms with van der Waals surface area (Å²) in [6.07, 6.45) is 4.01. The molecule has 2 radical (unpaired) electrons. The van der Waals surface area contributed by atoms with Gasteiger partial charge in [0.05, 0.1) is 12.2 Å². The van der Waals surface area contributed by atoms with Crippen LogP contribution >= 0.6 is 0 Å². The van der Waals surface area contributed by atoms with Gasteiger partial charge in [-0.3, -0.25) is 0 Å². The van der Waals surface area contributed by atoms with Gasteiger partial charge in [-0.1, -0.05) is 0 Å². The molecule has 0 bridgehead atoms. The molecule has 0 spiro atoms. The van der Waals surface area contributed by atoms with E-state index in [9.17, 15) is 0 Å². The number of methoxy groups -OCH3 is 2. The summed E-state index contributed by atoms with van der Waals surface area (Å²) in [5.74, 6) is 0. The number of rotatable bonds is 5. The fourth-order valence-electron chi connectivity index (χ4n) is 0.556. The van der Waals surface area contributed by atoms with Crippen LogP contribution in [0.15, 0.2) is 0 Å². The SMILES string of the molecule is CO[C](C)CC[C](C)OC. The van der Waals surface area contributed by atoms with Crippen molar-refractivity contribution in [2.24, 2.45) is 0 Å². The zero-order valence-corrected chi connectivity index (χ0v) is 7.23. The van der Waals surface area contributed by atoms with Crippen LogP contribution in [0.4, 0.5) is 0 Å². The predicted octanol–water partition coefficient (Wildman–Crippen LogP) is 2.16. The molecule has 0 rings (SSSR count). The Kier molecular flexibility index (Phi) is 5.64. The van der Waals surface area contributed by atoms with Crippen molar-refractivity contribution in [2.45, 2.75) is 26.7 Å². The molecule has 2 heteroatoms. The van der Waals surface area contributed by atoms with E-state index < -0.39 is 0 Å². The van der Waals surface area contributed by atoms with Gasteiger partial charge < -0.3 is 9.47 Å². The highest BCUT2D eigenvalue weighted by molar-refractivity contribution is 4.78. The molecule has 2 nitrogen and oxygen atoms in total. The van der Waals surface area contributed by atoms with E-state index in [4.69, 9.17) is 9.47 Å². The van der Waals surface area contributed by atoms with Crippen LogP contribution in [0, 0.1) is 12.2 Å². The Hall–Kier alpha value is -0.0800. The molecule has 0 fully saturated rings. The number of hydrogen-bond donors (Lipinski definition) is 0. The molecule has 0 heterocycles. The lowest BCUT2D eigenvalue weighted by molar-refractivity contribution is 0.171. The Morgan fingerprint density at radius 2 is 1.20 bits per heavy atom. The van der Waals surface area contributed by atoms with Gasteiger partial charge >= 0.3 is 0 Å². The second-order valence-electron chi connectivity index (χ2n) is 2.31. The van der Waals surface area contributed by atoms with Gasteiger partial charge in [0.2, 0.25) is 0 Å². The third-order valence-electron chi connectivity index (χ3n) is 1.53. The Morgan fingerprint density at radius 1 is 0.900 bits per heavy atom. The molecule has 10 heavy (non-hydrogen) atoms. The van der Waals surface area contributed by atoms with Crippen molar-refractivity contribution in [3.8, 4) is 0 Å². The van der Waals surface area contributed by atoms with Crippen LogP contribution in [0.3, 0.4) is 0 Å². The van der Waals surface area contributed by atoms with Crippen molar-refractivity contribution >= 4 is 0 Å². The van der Waals surface area contributed by atoms with Crippen LogP contribution in [0.25, 0.3) is 0 Å². The second-order valence-corrected chi connectivity index (χ2v) is 2.31. The minimum Gasteiger partial charge on any atom is -0.376 e. The van der Waals surface area contributed by atoms with Crippen LogP contribution in [-0.2, 0) is 9.47 Å². The van der Waals surface area contributed by atoms with E-state index in [0.717, 1.165) is 25.0 Å². The molecular weight excluding hydrogens is 128 g/mol. The van der Waals surface area contributed by atoms with Crippen molar-refractivity contribution in [1.82, 2.24) is 0 Å². The first-order valence-electron chi connectivity index (χ1n) is 3.43. The van der Waals surface area contributed by atoms with Crippen LogP contribution in [-0.4, -0.2) is 14.2 Å². The van der Waals surface area contributed by atoms with E-state index in [1.54, 1.807) is 14.2 Å². The van der Waals surface area contributed by atoms with Crippen LogP contribution in [0.5, 0.6) is 0 Å². The molecule has 0 aliphatic carbocycles. The summed E-state index contributed by atoms with van der Waals surface area (Å²) in [6, 6.07) is 0. The summed E-state index contributed by atoms with van der Waals surface area (Å²) >= 11 is 0. The zero-order chi connectivity index (χ0) is 7.98. The molecule has 0 aromatic heterocycles. The predicted molar refractivity (Wildman–Crippen MR) is 41.1 cm³/mol. The Morgan fingerprint density at radius 3 is 1.40 bits per heavy atom. The summed E-state index contributed by atoms with van der Waals surface area (Å²) in [6.45, 7) is 3.95. The molecule has 0 saturated carbocycles. The van der Waals surface area contributed by atoms with Gasteiger partial charge in [-0.05, 0) is 26.7 Å². The van der Waals surface area contributed by atoms with E-state index in [1.807, 2.05) is 13.8 Å². The van der Waals surface area contributed by atoms with Crippen molar-refractivity contribution < 1.29 is 9.47 Å². The highest BCUT2D eigenvalue weighted by atomic mass is 16.5. The van der Waals surface area contributed by atoms with Crippen LogP contribution < -0.4 is 0 Å². The van der Waals surface area contributed by atoms with Gasteiger partial charge in [-0.15, -0.1) is 0 Å². The molecule has 0 aromatic carbocycles. The Bertz CT molecular complexity index is 63.7. The average Bonchev–Trinajstić information content (AvgIpc) is 1.99. The molecule has 0 unspecified atom stereocenters. The lowest BCUT2D eigenvalue weighted by Crippen LogP contribution is -1.99. The lowest BCUT2D eigenvalue weighted by atomic mass is 10.1. The van der Waals surface area contributed by atoms with Crippen molar-refractivity contribution in [2.75, 3.05) is 14.2 Å². The number of hydrogen-bond acceptors (Lipinski definition) is 2. The summed E-state index contributed by atoms with van der Waals surface area (Å²) in [7, 11) is 3.38. The fourth-order valence-corrected chi connectivity index (χ4v) is 0.556. The first-order chi connectivity index (χ1) is 4.70. The molecule has 0 saturated heterocycles. The summed E-state index contributed by atoms with van der Waals surface area (Å²) in [4.78, 5) is 0. The first-order valence-corrected chi connectivity index (χ1v) is 3.43. The van der Waals surface area contributed by atoms with Gasteiger partial charge in [0, 0.05) is 14.2 Å². The van der Waals surface area contributed by atoms with Crippen LogP contribution in [0.2, 0.25) is 0 Å². The molecule has 0 aliphatic heterocycles. The van der Waals surface area contributed by atoms with Gasteiger partial charge in [0.25, 0.3) is 0 Å². The Labute approximate surface area is 63.5 Å². The van der Waals surface area contributed by atoms with Crippen molar-refractivity contribution in [1.29, 1.82) is 0 Å². The third kappa shape index (κ3) is 4.77. The van der Waals surface area contributed by atoms with E-state index >= 15 is 0 Å². The summed E-state index contributed by atoms with van der Waals surface area (Å²) in [5, 5.41) is 0. The first kappa shape index (κ1) is 9.92. The quantitative estimate of drug-likeness (QED) is 0.588. The normalized spacial score (nSPS) is 11.4. The van der Waals surface area contributed by atoms with E-state index in [2.05, 4.69) is 0 Å².